The van der Waals surface area contributed by atoms with Crippen molar-refractivity contribution >= 4 is 39.3 Å². The van der Waals surface area contributed by atoms with Crippen LogP contribution < -0.4 is 14.8 Å². The van der Waals surface area contributed by atoms with Crippen LogP contribution in [0.1, 0.15) is 18.1 Å². The fourth-order valence-corrected chi connectivity index (χ4v) is 3.62. The number of amides is 1. The second-order valence-electron chi connectivity index (χ2n) is 7.07. The number of carbonyl (C=O) groups is 1. The predicted octanol–water partition coefficient (Wildman–Crippen LogP) is 6.02. The van der Waals surface area contributed by atoms with E-state index in [-0.39, 0.29) is 23.6 Å². The van der Waals surface area contributed by atoms with Gasteiger partial charge in [0, 0.05) is 23.4 Å². The second-order valence-corrected chi connectivity index (χ2v) is 7.93. The lowest BCUT2D eigenvalue weighted by Crippen LogP contribution is -2.13. The Labute approximate surface area is 208 Å². The van der Waals surface area contributed by atoms with E-state index in [1.165, 1.54) is 36.4 Å². The van der Waals surface area contributed by atoms with Crippen molar-refractivity contribution in [1.82, 2.24) is 0 Å². The number of nitriles is 1. The number of benzene rings is 3. The lowest BCUT2D eigenvalue weighted by molar-refractivity contribution is -0.384. The van der Waals surface area contributed by atoms with Crippen molar-refractivity contribution in [3.63, 3.8) is 0 Å². The van der Waals surface area contributed by atoms with Gasteiger partial charge in [0.05, 0.1) is 16.0 Å². The van der Waals surface area contributed by atoms with Crippen LogP contribution in [0.4, 0.5) is 15.8 Å². The third-order valence-corrected chi connectivity index (χ3v) is 5.24. The molecule has 0 heterocycles. The number of nitro benzene ring substituents is 1. The summed E-state index contributed by atoms with van der Waals surface area (Å²) in [7, 11) is 0. The third kappa shape index (κ3) is 6.65. The van der Waals surface area contributed by atoms with Crippen LogP contribution in [-0.2, 0) is 11.4 Å². The number of anilines is 1. The minimum absolute atomic E-state index is 0.0321. The van der Waals surface area contributed by atoms with Gasteiger partial charge in [0.2, 0.25) is 0 Å². The summed E-state index contributed by atoms with van der Waals surface area (Å²) in [5.74, 6) is -0.454. The molecular formula is C25H19BrFN3O5. The SMILES string of the molecule is CCOc1cc(/C=C(\C#N)C(=O)Nc2cccc([N+](=O)[O-])c2)cc(Br)c1OCc1ccccc1F. The van der Waals surface area contributed by atoms with Crippen LogP contribution in [0.25, 0.3) is 6.08 Å². The Morgan fingerprint density at radius 2 is 1.97 bits per heavy atom. The average molecular weight is 540 g/mol. The van der Waals surface area contributed by atoms with Crippen LogP contribution in [-0.4, -0.2) is 17.4 Å². The predicted molar refractivity (Wildman–Crippen MR) is 131 cm³/mol. The van der Waals surface area contributed by atoms with Gasteiger partial charge in [0.25, 0.3) is 11.6 Å². The Morgan fingerprint density at radius 1 is 1.20 bits per heavy atom. The van der Waals surface area contributed by atoms with Crippen molar-refractivity contribution in [3.8, 4) is 17.6 Å². The topological polar surface area (TPSA) is 114 Å². The lowest BCUT2D eigenvalue weighted by atomic mass is 10.1. The van der Waals surface area contributed by atoms with Gasteiger partial charge in [-0.2, -0.15) is 5.26 Å². The molecule has 8 nitrogen and oxygen atoms in total. The molecule has 3 aromatic rings. The Bertz CT molecular complexity index is 1340. The van der Waals surface area contributed by atoms with E-state index in [0.717, 1.165) is 0 Å². The fourth-order valence-electron chi connectivity index (χ4n) is 3.05. The minimum Gasteiger partial charge on any atom is -0.490 e. The summed E-state index contributed by atoms with van der Waals surface area (Å²) in [5, 5.41) is 22.9. The molecule has 0 aromatic heterocycles. The van der Waals surface area contributed by atoms with Gasteiger partial charge in [0.1, 0.15) is 24.1 Å². The van der Waals surface area contributed by atoms with E-state index in [2.05, 4.69) is 21.2 Å². The number of hydrogen-bond acceptors (Lipinski definition) is 6. The summed E-state index contributed by atoms with van der Waals surface area (Å²) in [4.78, 5) is 23.0. The van der Waals surface area contributed by atoms with Gasteiger partial charge in [-0.25, -0.2) is 4.39 Å². The molecule has 0 aliphatic rings. The maximum absolute atomic E-state index is 13.9. The molecule has 1 amide bonds. The van der Waals surface area contributed by atoms with Crippen molar-refractivity contribution in [2.45, 2.75) is 13.5 Å². The fraction of sp³-hybridized carbons (Fsp3) is 0.120. The molecule has 0 spiro atoms. The van der Waals surface area contributed by atoms with Gasteiger partial charge in [0.15, 0.2) is 11.5 Å². The Balaban J connectivity index is 1.85. The van der Waals surface area contributed by atoms with Crippen molar-refractivity contribution in [2.75, 3.05) is 11.9 Å². The van der Waals surface area contributed by atoms with E-state index >= 15 is 0 Å². The van der Waals surface area contributed by atoms with Crippen LogP contribution in [0.15, 0.2) is 70.7 Å². The van der Waals surface area contributed by atoms with Gasteiger partial charge < -0.3 is 14.8 Å². The van der Waals surface area contributed by atoms with Gasteiger partial charge in [-0.15, -0.1) is 0 Å². The van der Waals surface area contributed by atoms with E-state index in [9.17, 15) is 24.6 Å². The Morgan fingerprint density at radius 3 is 2.66 bits per heavy atom. The minimum atomic E-state index is -0.734. The highest BCUT2D eigenvalue weighted by molar-refractivity contribution is 9.10. The number of carbonyl (C=O) groups excluding carboxylic acids is 1. The summed E-state index contributed by atoms with van der Waals surface area (Å²) in [6.45, 7) is 2.06. The standard InChI is InChI=1S/C25H19BrFN3O5/c1-2-34-23-12-16(11-21(26)24(23)35-15-17-6-3-4-9-22(17)27)10-18(14-28)25(31)29-19-7-5-8-20(13-19)30(32)33/h3-13H,2,15H2,1H3,(H,29,31)/b18-10+. The lowest BCUT2D eigenvalue weighted by Gasteiger charge is -2.15. The molecular weight excluding hydrogens is 521 g/mol. The first-order valence-corrected chi connectivity index (χ1v) is 11.1. The van der Waals surface area contributed by atoms with Gasteiger partial charge >= 0.3 is 0 Å². The number of nitro groups is 1. The van der Waals surface area contributed by atoms with E-state index in [0.29, 0.717) is 33.7 Å². The molecule has 0 atom stereocenters. The molecule has 0 bridgehead atoms. The Kier molecular flexibility index (Phi) is 8.53. The summed E-state index contributed by atoms with van der Waals surface area (Å²) < 4.78 is 25.9. The average Bonchev–Trinajstić information content (AvgIpc) is 2.83. The second kappa shape index (κ2) is 11.8. The maximum Gasteiger partial charge on any atom is 0.271 e. The van der Waals surface area contributed by atoms with Crippen LogP contribution in [0.2, 0.25) is 0 Å². The number of nitrogens with zero attached hydrogens (tertiary/aromatic N) is 2. The first-order valence-electron chi connectivity index (χ1n) is 10.3. The number of halogens is 2. The molecule has 3 rings (SSSR count). The molecule has 0 radical (unpaired) electrons. The number of rotatable bonds is 9. The van der Waals surface area contributed by atoms with Crippen molar-refractivity contribution in [1.29, 1.82) is 5.26 Å². The highest BCUT2D eigenvalue weighted by Crippen LogP contribution is 2.38. The van der Waals surface area contributed by atoms with Crippen LogP contribution >= 0.6 is 15.9 Å². The van der Waals surface area contributed by atoms with E-state index in [1.54, 1.807) is 37.3 Å². The molecule has 35 heavy (non-hydrogen) atoms. The molecule has 10 heteroatoms. The smallest absolute Gasteiger partial charge is 0.271 e. The highest BCUT2D eigenvalue weighted by Gasteiger charge is 2.16. The number of ether oxygens (including phenoxy) is 2. The molecule has 178 valence electrons. The number of nitrogens with one attached hydrogen (secondary N) is 1. The largest absolute Gasteiger partial charge is 0.490 e. The van der Waals surface area contributed by atoms with Crippen LogP contribution in [0.5, 0.6) is 11.5 Å². The zero-order chi connectivity index (χ0) is 25.4. The maximum atomic E-state index is 13.9. The quantitative estimate of drug-likeness (QED) is 0.154. The van der Waals surface area contributed by atoms with E-state index < -0.39 is 16.6 Å². The molecule has 0 aliphatic heterocycles. The number of hydrogen-bond donors (Lipinski definition) is 1. The van der Waals surface area contributed by atoms with Gasteiger partial charge in [-0.1, -0.05) is 24.3 Å². The molecule has 1 N–H and O–H groups in total. The van der Waals surface area contributed by atoms with E-state index in [4.69, 9.17) is 9.47 Å². The van der Waals surface area contributed by atoms with Crippen molar-refractivity contribution in [3.05, 3.63) is 97.8 Å². The van der Waals surface area contributed by atoms with Crippen LogP contribution in [0, 0.1) is 27.3 Å². The zero-order valence-corrected chi connectivity index (χ0v) is 20.0. The molecule has 0 saturated carbocycles. The summed E-state index contributed by atoms with van der Waals surface area (Å²) in [5.41, 5.74) is 0.588. The first kappa shape index (κ1) is 25.4. The van der Waals surface area contributed by atoms with Crippen molar-refractivity contribution in [2.24, 2.45) is 0 Å². The highest BCUT2D eigenvalue weighted by atomic mass is 79.9. The summed E-state index contributed by atoms with van der Waals surface area (Å²) >= 11 is 3.41. The summed E-state index contributed by atoms with van der Waals surface area (Å²) in [6.07, 6.45) is 1.35. The summed E-state index contributed by atoms with van der Waals surface area (Å²) in [6, 6.07) is 16.7. The molecule has 3 aromatic carbocycles. The first-order chi connectivity index (χ1) is 16.8. The molecule has 0 saturated heterocycles. The third-order valence-electron chi connectivity index (χ3n) is 4.65. The zero-order valence-electron chi connectivity index (χ0n) is 18.5. The molecule has 0 fully saturated rings. The normalized spacial score (nSPS) is 10.9. The van der Waals surface area contributed by atoms with Crippen LogP contribution in [0.3, 0.4) is 0 Å². The molecule has 0 aliphatic carbocycles. The van der Waals surface area contributed by atoms with Gasteiger partial charge in [-0.05, 0) is 58.8 Å². The Hall–Kier alpha value is -4.23. The number of non-ortho nitro benzene ring substituents is 1. The monoisotopic (exact) mass is 539 g/mol. The molecule has 0 unspecified atom stereocenters. The van der Waals surface area contributed by atoms with Crippen molar-refractivity contribution < 1.29 is 23.6 Å². The van der Waals surface area contributed by atoms with E-state index in [1.807, 2.05) is 6.07 Å². The van der Waals surface area contributed by atoms with Gasteiger partial charge in [-0.3, -0.25) is 14.9 Å².